The number of hydrogen-bond acceptors (Lipinski definition) is 3. The summed E-state index contributed by atoms with van der Waals surface area (Å²) in [5.74, 6) is 2.54. The Morgan fingerprint density at radius 1 is 1.18 bits per heavy atom. The Balaban J connectivity index is 0.00000280. The van der Waals surface area contributed by atoms with E-state index in [2.05, 4.69) is 38.5 Å². The molecule has 0 fully saturated rings. The number of H-pyrrole nitrogens is 1. The van der Waals surface area contributed by atoms with Gasteiger partial charge >= 0.3 is 0 Å². The number of ether oxygens (including phenoxy) is 1. The van der Waals surface area contributed by atoms with Crippen molar-refractivity contribution < 1.29 is 4.74 Å². The van der Waals surface area contributed by atoms with Crippen LogP contribution in [0.15, 0.2) is 65.8 Å². The fourth-order valence-electron chi connectivity index (χ4n) is 2.86. The fourth-order valence-corrected chi connectivity index (χ4v) is 2.86. The van der Waals surface area contributed by atoms with E-state index in [-0.39, 0.29) is 24.0 Å². The summed E-state index contributed by atoms with van der Waals surface area (Å²) < 4.78 is 5.27. The zero-order chi connectivity index (χ0) is 19.1. The van der Waals surface area contributed by atoms with Crippen molar-refractivity contribution in [3.8, 4) is 17.0 Å². The lowest BCUT2D eigenvalue weighted by Crippen LogP contribution is -2.38. The van der Waals surface area contributed by atoms with Crippen LogP contribution in [0.4, 0.5) is 0 Å². The standard InChI is InChI=1S/C21H25N5O.HI/c1-22-21(24-13-16-8-7-11-18(12-16)27-3)26(2)15-20-23-14-19(25-20)17-9-5-4-6-10-17;/h4-12,14H,13,15H2,1-3H3,(H,22,24)(H,23,25);1H. The Kier molecular flexibility index (Phi) is 8.31. The van der Waals surface area contributed by atoms with Gasteiger partial charge in [-0.05, 0) is 23.3 Å². The molecule has 2 N–H and O–H groups in total. The molecule has 0 spiro atoms. The zero-order valence-electron chi connectivity index (χ0n) is 16.3. The second kappa shape index (κ2) is 10.7. The summed E-state index contributed by atoms with van der Waals surface area (Å²) in [6.07, 6.45) is 1.87. The third kappa shape index (κ3) is 5.72. The van der Waals surface area contributed by atoms with E-state index < -0.39 is 0 Å². The van der Waals surface area contributed by atoms with Gasteiger partial charge in [0.25, 0.3) is 0 Å². The Morgan fingerprint density at radius 3 is 2.68 bits per heavy atom. The molecule has 28 heavy (non-hydrogen) atoms. The third-order valence-corrected chi connectivity index (χ3v) is 4.26. The summed E-state index contributed by atoms with van der Waals surface area (Å²) in [6.45, 7) is 1.30. The topological polar surface area (TPSA) is 65.5 Å². The summed E-state index contributed by atoms with van der Waals surface area (Å²) in [6, 6.07) is 18.2. The molecule has 0 saturated carbocycles. The van der Waals surface area contributed by atoms with Crippen LogP contribution in [-0.4, -0.2) is 42.0 Å². The van der Waals surface area contributed by atoms with E-state index in [1.165, 1.54) is 0 Å². The molecule has 3 aromatic rings. The number of aliphatic imine (C=N–C) groups is 1. The Bertz CT molecular complexity index is 895. The van der Waals surface area contributed by atoms with E-state index >= 15 is 0 Å². The van der Waals surface area contributed by atoms with Gasteiger partial charge in [-0.2, -0.15) is 0 Å². The van der Waals surface area contributed by atoms with Crippen LogP contribution in [0.2, 0.25) is 0 Å². The maximum Gasteiger partial charge on any atom is 0.194 e. The molecule has 0 bridgehead atoms. The number of aromatic amines is 1. The first-order chi connectivity index (χ1) is 13.2. The van der Waals surface area contributed by atoms with E-state index in [0.29, 0.717) is 13.1 Å². The van der Waals surface area contributed by atoms with E-state index in [1.807, 2.05) is 54.5 Å². The first-order valence-electron chi connectivity index (χ1n) is 8.83. The second-order valence-electron chi connectivity index (χ2n) is 6.22. The maximum atomic E-state index is 5.27. The first kappa shape index (κ1) is 21.7. The van der Waals surface area contributed by atoms with Crippen molar-refractivity contribution in [1.82, 2.24) is 20.2 Å². The number of aromatic nitrogens is 2. The highest BCUT2D eigenvalue weighted by Gasteiger charge is 2.10. The molecule has 7 heteroatoms. The highest BCUT2D eigenvalue weighted by atomic mass is 127. The molecular weight excluding hydrogens is 465 g/mol. The Labute approximate surface area is 183 Å². The summed E-state index contributed by atoms with van der Waals surface area (Å²) >= 11 is 0. The molecule has 0 atom stereocenters. The van der Waals surface area contributed by atoms with Gasteiger partial charge in [0.05, 0.1) is 25.5 Å². The molecule has 3 rings (SSSR count). The number of hydrogen-bond donors (Lipinski definition) is 2. The Hall–Kier alpha value is -2.55. The highest BCUT2D eigenvalue weighted by Crippen LogP contribution is 2.16. The first-order valence-corrected chi connectivity index (χ1v) is 8.83. The van der Waals surface area contributed by atoms with Gasteiger partial charge in [0.2, 0.25) is 0 Å². The normalized spacial score (nSPS) is 10.9. The van der Waals surface area contributed by atoms with Crippen molar-refractivity contribution in [2.24, 2.45) is 4.99 Å². The molecule has 6 nitrogen and oxygen atoms in total. The predicted molar refractivity (Wildman–Crippen MR) is 124 cm³/mol. The molecule has 148 valence electrons. The van der Waals surface area contributed by atoms with Gasteiger partial charge in [-0.3, -0.25) is 4.99 Å². The van der Waals surface area contributed by atoms with E-state index in [9.17, 15) is 0 Å². The van der Waals surface area contributed by atoms with E-state index in [4.69, 9.17) is 4.74 Å². The number of nitrogens with one attached hydrogen (secondary N) is 2. The van der Waals surface area contributed by atoms with Gasteiger partial charge in [-0.25, -0.2) is 4.98 Å². The SMILES string of the molecule is CN=C(NCc1cccc(OC)c1)N(C)Cc1ncc(-c2ccccc2)[nH]1.I. The molecule has 1 aromatic heterocycles. The van der Waals surface area contributed by atoms with Crippen LogP contribution in [0.5, 0.6) is 5.75 Å². The molecule has 0 aliphatic carbocycles. The highest BCUT2D eigenvalue weighted by molar-refractivity contribution is 14.0. The quantitative estimate of drug-likeness (QED) is 0.312. The summed E-state index contributed by atoms with van der Waals surface area (Å²) in [4.78, 5) is 14.3. The third-order valence-electron chi connectivity index (χ3n) is 4.26. The monoisotopic (exact) mass is 491 g/mol. The maximum absolute atomic E-state index is 5.27. The van der Waals surface area contributed by atoms with Gasteiger partial charge in [0.15, 0.2) is 5.96 Å². The van der Waals surface area contributed by atoms with E-state index in [0.717, 1.165) is 34.4 Å². The fraction of sp³-hybridized carbons (Fsp3) is 0.238. The summed E-state index contributed by atoms with van der Waals surface area (Å²) in [5, 5.41) is 3.37. The molecule has 0 aliphatic rings. The average Bonchev–Trinajstić information content (AvgIpc) is 3.18. The van der Waals surface area contributed by atoms with Crippen LogP contribution in [0, 0.1) is 0 Å². The van der Waals surface area contributed by atoms with Crippen LogP contribution in [0.3, 0.4) is 0 Å². The molecule has 0 saturated heterocycles. The Morgan fingerprint density at radius 2 is 1.96 bits per heavy atom. The van der Waals surface area contributed by atoms with Crippen LogP contribution in [0.1, 0.15) is 11.4 Å². The number of nitrogens with zero attached hydrogens (tertiary/aromatic N) is 3. The van der Waals surface area contributed by atoms with Crippen molar-refractivity contribution in [3.05, 3.63) is 72.2 Å². The van der Waals surface area contributed by atoms with Crippen molar-refractivity contribution >= 4 is 29.9 Å². The molecule has 0 radical (unpaired) electrons. The average molecular weight is 491 g/mol. The number of imidazole rings is 1. The molecular formula is C21H26IN5O. The van der Waals surface area contributed by atoms with Gasteiger partial charge in [-0.15, -0.1) is 24.0 Å². The number of benzene rings is 2. The lowest BCUT2D eigenvalue weighted by molar-refractivity contribution is 0.414. The smallest absolute Gasteiger partial charge is 0.194 e. The molecule has 0 unspecified atom stereocenters. The van der Waals surface area contributed by atoms with Gasteiger partial charge < -0.3 is 19.9 Å². The van der Waals surface area contributed by atoms with Crippen LogP contribution >= 0.6 is 24.0 Å². The minimum absolute atomic E-state index is 0. The van der Waals surface area contributed by atoms with Crippen molar-refractivity contribution in [3.63, 3.8) is 0 Å². The largest absolute Gasteiger partial charge is 0.497 e. The minimum atomic E-state index is 0. The number of halogens is 1. The number of methoxy groups -OCH3 is 1. The molecule has 2 aromatic carbocycles. The number of rotatable bonds is 6. The molecule has 0 amide bonds. The van der Waals surface area contributed by atoms with E-state index in [1.54, 1.807) is 14.2 Å². The van der Waals surface area contributed by atoms with Crippen LogP contribution in [-0.2, 0) is 13.1 Å². The lowest BCUT2D eigenvalue weighted by Gasteiger charge is -2.21. The minimum Gasteiger partial charge on any atom is -0.497 e. The van der Waals surface area contributed by atoms with Crippen LogP contribution < -0.4 is 10.1 Å². The van der Waals surface area contributed by atoms with Crippen molar-refractivity contribution in [2.75, 3.05) is 21.2 Å². The second-order valence-corrected chi connectivity index (χ2v) is 6.22. The molecule has 1 heterocycles. The van der Waals surface area contributed by atoms with Crippen LogP contribution in [0.25, 0.3) is 11.3 Å². The van der Waals surface area contributed by atoms with Gasteiger partial charge in [-0.1, -0.05) is 42.5 Å². The zero-order valence-corrected chi connectivity index (χ0v) is 18.7. The molecule has 0 aliphatic heterocycles. The van der Waals surface area contributed by atoms with Crippen molar-refractivity contribution in [1.29, 1.82) is 0 Å². The summed E-state index contributed by atoms with van der Waals surface area (Å²) in [7, 11) is 5.44. The van der Waals surface area contributed by atoms with Gasteiger partial charge in [0.1, 0.15) is 11.6 Å². The summed E-state index contributed by atoms with van der Waals surface area (Å²) in [5.41, 5.74) is 3.27. The lowest BCUT2D eigenvalue weighted by atomic mass is 10.2. The van der Waals surface area contributed by atoms with Gasteiger partial charge in [0, 0.05) is 20.6 Å². The predicted octanol–water partition coefficient (Wildman–Crippen LogP) is 3.91. The van der Waals surface area contributed by atoms with Crippen molar-refractivity contribution in [2.45, 2.75) is 13.1 Å². The number of guanidine groups is 1.